The van der Waals surface area contributed by atoms with Gasteiger partial charge in [-0.15, -0.1) is 0 Å². The number of hydrogen-bond donors (Lipinski definition) is 0. The molecule has 82 valence electrons. The van der Waals surface area contributed by atoms with Crippen molar-refractivity contribution >= 4 is 5.78 Å². The van der Waals surface area contributed by atoms with E-state index in [1.54, 1.807) is 6.20 Å². The van der Waals surface area contributed by atoms with Crippen molar-refractivity contribution in [3.8, 4) is 11.3 Å². The minimum Gasteiger partial charge on any atom is -0.287 e. The van der Waals surface area contributed by atoms with E-state index in [0.29, 0.717) is 0 Å². The van der Waals surface area contributed by atoms with E-state index < -0.39 is 0 Å². The number of benzene rings is 1. The Labute approximate surface area is 98.8 Å². The first-order valence-corrected chi connectivity index (χ1v) is 5.75. The fourth-order valence-electron chi connectivity index (χ4n) is 2.57. The number of aromatic nitrogens is 3. The van der Waals surface area contributed by atoms with Crippen LogP contribution in [-0.2, 0) is 6.42 Å². The zero-order valence-corrected chi connectivity index (χ0v) is 9.51. The summed E-state index contributed by atoms with van der Waals surface area (Å²) >= 11 is 0. The Kier molecular flexibility index (Phi) is 1.55. The van der Waals surface area contributed by atoms with Crippen molar-refractivity contribution in [1.29, 1.82) is 0 Å². The molecule has 3 heteroatoms. The Morgan fingerprint density at radius 2 is 2.24 bits per heavy atom. The van der Waals surface area contributed by atoms with Crippen LogP contribution in [0, 0.1) is 6.92 Å². The quantitative estimate of drug-likeness (QED) is 0.457. The number of hydrogen-bond acceptors (Lipinski definition) is 2. The van der Waals surface area contributed by atoms with Gasteiger partial charge in [-0.25, -0.2) is 9.97 Å². The highest BCUT2D eigenvalue weighted by molar-refractivity contribution is 5.75. The van der Waals surface area contributed by atoms with Crippen molar-refractivity contribution in [2.24, 2.45) is 0 Å². The largest absolute Gasteiger partial charge is 0.287 e. The third kappa shape index (κ3) is 1.11. The molecule has 4 rings (SSSR count). The molecule has 3 nitrogen and oxygen atoms in total. The maximum atomic E-state index is 4.63. The monoisotopic (exact) mass is 221 g/mol. The molecular formula is C14H11N3. The molecule has 0 fully saturated rings. The summed E-state index contributed by atoms with van der Waals surface area (Å²) < 4.78 is 2.09. The summed E-state index contributed by atoms with van der Waals surface area (Å²) in [5.74, 6) is 0.796. The van der Waals surface area contributed by atoms with E-state index in [2.05, 4.69) is 39.5 Å². The van der Waals surface area contributed by atoms with E-state index in [9.17, 15) is 0 Å². The highest BCUT2D eigenvalue weighted by Crippen LogP contribution is 2.36. The lowest BCUT2D eigenvalue weighted by molar-refractivity contribution is 1.02. The van der Waals surface area contributed by atoms with Gasteiger partial charge < -0.3 is 0 Å². The average molecular weight is 221 g/mol. The fraction of sp³-hybridized carbons (Fsp3) is 0.143. The number of fused-ring (bicyclic) bond motifs is 5. The highest BCUT2D eigenvalue weighted by Gasteiger charge is 2.24. The van der Waals surface area contributed by atoms with E-state index in [1.165, 1.54) is 22.4 Å². The standard InChI is InChI=1S/C14H11N3/c1-9-3-4-10-8-12-13(11(10)7-9)16-14-15-5-2-6-17(12)14/h2-7H,8H2,1H3. The molecule has 0 saturated carbocycles. The van der Waals surface area contributed by atoms with Crippen molar-refractivity contribution in [3.05, 3.63) is 53.5 Å². The molecule has 0 atom stereocenters. The van der Waals surface area contributed by atoms with Crippen LogP contribution in [0.1, 0.15) is 16.8 Å². The van der Waals surface area contributed by atoms with Crippen LogP contribution in [0.4, 0.5) is 0 Å². The summed E-state index contributed by atoms with van der Waals surface area (Å²) in [6.07, 6.45) is 4.78. The van der Waals surface area contributed by atoms with Gasteiger partial charge in [-0.2, -0.15) is 0 Å². The number of rotatable bonds is 0. The zero-order chi connectivity index (χ0) is 11.4. The normalized spacial score (nSPS) is 12.8. The molecule has 1 aromatic carbocycles. The van der Waals surface area contributed by atoms with Crippen LogP contribution in [0.5, 0.6) is 0 Å². The molecule has 0 saturated heterocycles. The van der Waals surface area contributed by atoms with Crippen molar-refractivity contribution in [2.45, 2.75) is 13.3 Å². The molecule has 1 aliphatic rings. The lowest BCUT2D eigenvalue weighted by Gasteiger charge is -2.00. The first-order valence-electron chi connectivity index (χ1n) is 5.75. The van der Waals surface area contributed by atoms with E-state index in [4.69, 9.17) is 0 Å². The van der Waals surface area contributed by atoms with Crippen LogP contribution in [0.2, 0.25) is 0 Å². The minimum atomic E-state index is 0.796. The Morgan fingerprint density at radius 1 is 1.29 bits per heavy atom. The topological polar surface area (TPSA) is 30.2 Å². The Balaban J connectivity index is 2.09. The van der Waals surface area contributed by atoms with E-state index in [1.807, 2.05) is 12.3 Å². The molecule has 1 aliphatic carbocycles. The molecule has 17 heavy (non-hydrogen) atoms. The van der Waals surface area contributed by atoms with Gasteiger partial charge in [-0.1, -0.05) is 17.7 Å². The van der Waals surface area contributed by atoms with Gasteiger partial charge in [0, 0.05) is 24.4 Å². The van der Waals surface area contributed by atoms with Gasteiger partial charge in [0.15, 0.2) is 0 Å². The van der Waals surface area contributed by atoms with Crippen LogP contribution < -0.4 is 0 Å². The fourth-order valence-corrected chi connectivity index (χ4v) is 2.57. The van der Waals surface area contributed by atoms with Crippen molar-refractivity contribution in [1.82, 2.24) is 14.4 Å². The molecular weight excluding hydrogens is 210 g/mol. The molecule has 2 heterocycles. The summed E-state index contributed by atoms with van der Waals surface area (Å²) in [5, 5.41) is 0. The lowest BCUT2D eigenvalue weighted by atomic mass is 10.1. The molecule has 0 amide bonds. The highest BCUT2D eigenvalue weighted by atomic mass is 15.1. The van der Waals surface area contributed by atoms with E-state index >= 15 is 0 Å². The predicted octanol–water partition coefficient (Wildman–Crippen LogP) is 2.61. The van der Waals surface area contributed by atoms with Gasteiger partial charge in [0.05, 0.1) is 11.4 Å². The zero-order valence-electron chi connectivity index (χ0n) is 9.51. The Hall–Kier alpha value is -2.16. The molecule has 2 aromatic heterocycles. The van der Waals surface area contributed by atoms with E-state index in [0.717, 1.165) is 17.9 Å². The second-order valence-electron chi connectivity index (χ2n) is 4.53. The Bertz CT molecular complexity index is 740. The molecule has 0 unspecified atom stereocenters. The smallest absolute Gasteiger partial charge is 0.234 e. The lowest BCUT2D eigenvalue weighted by Crippen LogP contribution is -1.92. The van der Waals surface area contributed by atoms with Crippen LogP contribution in [0.25, 0.3) is 17.0 Å². The molecule has 0 bridgehead atoms. The summed E-state index contributed by atoms with van der Waals surface area (Å²) in [4.78, 5) is 8.92. The van der Waals surface area contributed by atoms with Gasteiger partial charge in [-0.05, 0) is 24.6 Å². The van der Waals surface area contributed by atoms with Crippen molar-refractivity contribution in [2.75, 3.05) is 0 Å². The number of imidazole rings is 1. The van der Waals surface area contributed by atoms with Crippen LogP contribution in [0.15, 0.2) is 36.7 Å². The number of nitrogens with zero attached hydrogens (tertiary/aromatic N) is 3. The molecule has 0 aliphatic heterocycles. The summed E-state index contributed by atoms with van der Waals surface area (Å²) in [5.41, 5.74) is 6.27. The second kappa shape index (κ2) is 2.94. The van der Waals surface area contributed by atoms with Crippen molar-refractivity contribution in [3.63, 3.8) is 0 Å². The van der Waals surface area contributed by atoms with Crippen LogP contribution >= 0.6 is 0 Å². The van der Waals surface area contributed by atoms with Crippen molar-refractivity contribution < 1.29 is 0 Å². The molecule has 0 spiro atoms. The van der Waals surface area contributed by atoms with Gasteiger partial charge in [0.2, 0.25) is 5.78 Å². The van der Waals surface area contributed by atoms with E-state index in [-0.39, 0.29) is 0 Å². The summed E-state index contributed by atoms with van der Waals surface area (Å²) in [6, 6.07) is 8.53. The maximum Gasteiger partial charge on any atom is 0.234 e. The summed E-state index contributed by atoms with van der Waals surface area (Å²) in [6.45, 7) is 2.12. The first-order chi connectivity index (χ1) is 8.33. The molecule has 3 aromatic rings. The number of aryl methyl sites for hydroxylation is 1. The third-order valence-electron chi connectivity index (χ3n) is 3.38. The minimum absolute atomic E-state index is 0.796. The average Bonchev–Trinajstić information content (AvgIpc) is 2.85. The van der Waals surface area contributed by atoms with Crippen LogP contribution in [0.3, 0.4) is 0 Å². The Morgan fingerprint density at radius 3 is 3.18 bits per heavy atom. The first kappa shape index (κ1) is 8.93. The third-order valence-corrected chi connectivity index (χ3v) is 3.38. The van der Waals surface area contributed by atoms with Crippen LogP contribution in [-0.4, -0.2) is 14.4 Å². The predicted molar refractivity (Wildman–Crippen MR) is 66.0 cm³/mol. The second-order valence-corrected chi connectivity index (χ2v) is 4.53. The van der Waals surface area contributed by atoms with Gasteiger partial charge in [0.1, 0.15) is 0 Å². The molecule has 0 radical (unpaired) electrons. The molecule has 0 N–H and O–H groups in total. The SMILES string of the molecule is Cc1ccc2c(c1)-c1nc3ncccn3c1C2. The summed E-state index contributed by atoms with van der Waals surface area (Å²) in [7, 11) is 0. The van der Waals surface area contributed by atoms with Gasteiger partial charge in [-0.3, -0.25) is 4.40 Å². The van der Waals surface area contributed by atoms with Gasteiger partial charge >= 0.3 is 0 Å². The maximum absolute atomic E-state index is 4.63. The van der Waals surface area contributed by atoms with Gasteiger partial charge in [0.25, 0.3) is 0 Å².